The molecule has 3 aromatic rings. The van der Waals surface area contributed by atoms with Crippen LogP contribution < -0.4 is 19.9 Å². The van der Waals surface area contributed by atoms with Gasteiger partial charge in [-0.15, -0.1) is 0 Å². The average Bonchev–Trinajstić information content (AvgIpc) is 3.37. The molecule has 1 unspecified atom stereocenters. The van der Waals surface area contributed by atoms with Gasteiger partial charge < -0.3 is 4.74 Å². The molecule has 10 nitrogen and oxygen atoms in total. The Morgan fingerprint density at radius 3 is 2.44 bits per heavy atom. The largest absolute Gasteiger partial charge is 0.462 e. The fourth-order valence-corrected chi connectivity index (χ4v) is 6.32. The SMILES string of the molecule is CCOC(=O)c1cn(-c2ccc3c(c2)N(C)S(=O)(=O)N3C)c(=O)n(C2CCc3c2cccc3C(F)(F)F)c1=O. The minimum absolute atomic E-state index is 0.0122. The molecule has 2 aliphatic rings. The predicted octanol–water partition coefficient (Wildman–Crippen LogP) is 2.86. The Hall–Kier alpha value is -4.07. The second kappa shape index (κ2) is 9.00. The summed E-state index contributed by atoms with van der Waals surface area (Å²) in [5.41, 5.74) is -2.35. The molecule has 0 bridgehead atoms. The average molecular weight is 565 g/mol. The Morgan fingerprint density at radius 2 is 1.77 bits per heavy atom. The van der Waals surface area contributed by atoms with Crippen molar-refractivity contribution in [1.82, 2.24) is 9.13 Å². The number of carbonyl (C=O) groups excluding carboxylic acids is 1. The van der Waals surface area contributed by atoms with Crippen LogP contribution in [0.1, 0.15) is 46.4 Å². The molecule has 2 heterocycles. The number of hydrogen-bond donors (Lipinski definition) is 0. The summed E-state index contributed by atoms with van der Waals surface area (Å²) in [5, 5.41) is 0. The zero-order chi connectivity index (χ0) is 28.4. The highest BCUT2D eigenvalue weighted by atomic mass is 32.2. The Morgan fingerprint density at radius 1 is 1.08 bits per heavy atom. The molecule has 1 aromatic heterocycles. The lowest BCUT2D eigenvalue weighted by atomic mass is 10.0. The van der Waals surface area contributed by atoms with Crippen LogP contribution in [-0.4, -0.2) is 44.2 Å². The van der Waals surface area contributed by atoms with E-state index in [4.69, 9.17) is 4.74 Å². The summed E-state index contributed by atoms with van der Waals surface area (Å²) in [4.78, 5) is 40.0. The first-order valence-corrected chi connectivity index (χ1v) is 13.3. The maximum absolute atomic E-state index is 13.8. The molecule has 0 spiro atoms. The van der Waals surface area contributed by atoms with Gasteiger partial charge in [-0.1, -0.05) is 12.1 Å². The van der Waals surface area contributed by atoms with Gasteiger partial charge in [0.05, 0.1) is 35.3 Å². The quantitative estimate of drug-likeness (QED) is 0.451. The van der Waals surface area contributed by atoms with Crippen LogP contribution in [0.25, 0.3) is 5.69 Å². The number of fused-ring (bicyclic) bond motifs is 2. The first-order chi connectivity index (χ1) is 18.3. The highest BCUT2D eigenvalue weighted by Gasteiger charge is 2.39. The summed E-state index contributed by atoms with van der Waals surface area (Å²) >= 11 is 0. The minimum Gasteiger partial charge on any atom is -0.462 e. The van der Waals surface area contributed by atoms with Crippen LogP contribution in [0.3, 0.4) is 0 Å². The maximum atomic E-state index is 13.8. The summed E-state index contributed by atoms with van der Waals surface area (Å²) in [6, 6.07) is 6.85. The maximum Gasteiger partial charge on any atom is 0.416 e. The summed E-state index contributed by atoms with van der Waals surface area (Å²) in [7, 11) is -1.11. The van der Waals surface area contributed by atoms with Crippen molar-refractivity contribution in [3.05, 3.63) is 85.7 Å². The van der Waals surface area contributed by atoms with Gasteiger partial charge in [0, 0.05) is 20.3 Å². The van der Waals surface area contributed by atoms with E-state index in [0.717, 1.165) is 30.0 Å². The van der Waals surface area contributed by atoms with E-state index >= 15 is 0 Å². The van der Waals surface area contributed by atoms with Gasteiger partial charge in [-0.3, -0.25) is 22.5 Å². The standard InChI is InChI=1S/C25H23F3N4O6S/c1-4-38-23(34)17-13-31(14-8-10-20-21(12-14)30(3)39(36,37)29(20)2)24(35)32(22(17)33)19-11-9-15-16(19)6-5-7-18(15)25(26,27)28/h5-8,10,12-13,19H,4,9,11H2,1-3H3. The molecule has 39 heavy (non-hydrogen) atoms. The molecule has 0 saturated carbocycles. The van der Waals surface area contributed by atoms with Crippen molar-refractivity contribution in [3.63, 3.8) is 0 Å². The smallest absolute Gasteiger partial charge is 0.416 e. The van der Waals surface area contributed by atoms with Crippen LogP contribution in [0, 0.1) is 0 Å². The first-order valence-electron chi connectivity index (χ1n) is 11.9. The van der Waals surface area contributed by atoms with Gasteiger partial charge in [-0.25, -0.2) is 9.59 Å². The van der Waals surface area contributed by atoms with Crippen molar-refractivity contribution in [2.24, 2.45) is 0 Å². The van der Waals surface area contributed by atoms with Crippen molar-refractivity contribution >= 4 is 27.6 Å². The van der Waals surface area contributed by atoms with E-state index in [0.29, 0.717) is 5.69 Å². The molecular weight excluding hydrogens is 541 g/mol. The molecule has 1 aliphatic heterocycles. The van der Waals surface area contributed by atoms with Crippen molar-refractivity contribution in [2.75, 3.05) is 29.3 Å². The second-order valence-electron chi connectivity index (χ2n) is 9.13. The fraction of sp³-hybridized carbons (Fsp3) is 0.320. The van der Waals surface area contributed by atoms with Gasteiger partial charge in [0.25, 0.3) is 5.56 Å². The fourth-order valence-electron chi connectivity index (χ4n) is 5.16. The van der Waals surface area contributed by atoms with E-state index in [2.05, 4.69) is 0 Å². The first kappa shape index (κ1) is 26.5. The van der Waals surface area contributed by atoms with Crippen LogP contribution in [0.2, 0.25) is 0 Å². The van der Waals surface area contributed by atoms with Crippen molar-refractivity contribution in [1.29, 1.82) is 0 Å². The molecule has 0 saturated heterocycles. The van der Waals surface area contributed by atoms with E-state index < -0.39 is 50.8 Å². The lowest BCUT2D eigenvalue weighted by Gasteiger charge is -2.19. The Labute approximate surface area is 220 Å². The van der Waals surface area contributed by atoms with Crippen molar-refractivity contribution in [2.45, 2.75) is 32.0 Å². The zero-order valence-corrected chi connectivity index (χ0v) is 21.8. The highest BCUT2D eigenvalue weighted by molar-refractivity contribution is 7.94. The predicted molar refractivity (Wildman–Crippen MR) is 136 cm³/mol. The van der Waals surface area contributed by atoms with Gasteiger partial charge in [0.15, 0.2) is 0 Å². The number of carbonyl (C=O) groups is 1. The van der Waals surface area contributed by atoms with E-state index in [1.807, 2.05) is 0 Å². The number of hydrogen-bond acceptors (Lipinski definition) is 6. The molecule has 5 rings (SSSR count). The number of halogens is 3. The highest BCUT2D eigenvalue weighted by Crippen LogP contribution is 2.42. The molecule has 206 valence electrons. The number of anilines is 2. The zero-order valence-electron chi connectivity index (χ0n) is 21.0. The van der Waals surface area contributed by atoms with Gasteiger partial charge in [-0.2, -0.15) is 21.6 Å². The third-order valence-electron chi connectivity index (χ3n) is 7.08. The number of nitrogens with zero attached hydrogens (tertiary/aromatic N) is 4. The Bertz CT molecular complexity index is 1750. The second-order valence-corrected chi connectivity index (χ2v) is 11.1. The number of ether oxygens (including phenoxy) is 1. The summed E-state index contributed by atoms with van der Waals surface area (Å²) in [6.45, 7) is 1.47. The summed E-state index contributed by atoms with van der Waals surface area (Å²) < 4.78 is 74.9. The van der Waals surface area contributed by atoms with E-state index in [-0.39, 0.29) is 42.0 Å². The number of alkyl halides is 3. The van der Waals surface area contributed by atoms with Gasteiger partial charge in [0.2, 0.25) is 0 Å². The number of aromatic nitrogens is 2. The van der Waals surface area contributed by atoms with Gasteiger partial charge in [0.1, 0.15) is 5.56 Å². The Balaban J connectivity index is 1.75. The van der Waals surface area contributed by atoms with Crippen molar-refractivity contribution in [3.8, 4) is 5.69 Å². The summed E-state index contributed by atoms with van der Waals surface area (Å²) in [5.74, 6) is -1.01. The molecular formula is C25H23F3N4O6S. The molecule has 0 amide bonds. The van der Waals surface area contributed by atoms with Crippen LogP contribution in [0.4, 0.5) is 24.5 Å². The monoisotopic (exact) mass is 564 g/mol. The minimum atomic E-state index is -4.62. The van der Waals surface area contributed by atoms with E-state index in [1.165, 1.54) is 51.4 Å². The van der Waals surface area contributed by atoms with E-state index in [1.54, 1.807) is 0 Å². The molecule has 14 heteroatoms. The molecule has 1 atom stereocenters. The third-order valence-corrected chi connectivity index (χ3v) is 8.86. The lowest BCUT2D eigenvalue weighted by Crippen LogP contribution is -2.44. The number of benzene rings is 2. The third kappa shape index (κ3) is 4.01. The van der Waals surface area contributed by atoms with Gasteiger partial charge in [-0.05, 0) is 55.2 Å². The molecule has 0 N–H and O–H groups in total. The molecule has 0 fully saturated rings. The molecule has 0 radical (unpaired) electrons. The number of rotatable bonds is 4. The summed E-state index contributed by atoms with van der Waals surface area (Å²) in [6.07, 6.45) is -3.61. The normalized spacial score (nSPS) is 17.7. The van der Waals surface area contributed by atoms with Gasteiger partial charge >= 0.3 is 28.0 Å². The topological polar surface area (TPSA) is 111 Å². The lowest BCUT2D eigenvalue weighted by molar-refractivity contribution is -0.138. The van der Waals surface area contributed by atoms with Crippen LogP contribution in [0.5, 0.6) is 0 Å². The van der Waals surface area contributed by atoms with Crippen molar-refractivity contribution < 1.29 is 31.1 Å². The van der Waals surface area contributed by atoms with Crippen LogP contribution >= 0.6 is 0 Å². The van der Waals surface area contributed by atoms with Crippen LogP contribution in [0.15, 0.2) is 52.2 Å². The molecule has 1 aliphatic carbocycles. The van der Waals surface area contributed by atoms with E-state index in [9.17, 15) is 36.0 Å². The van der Waals surface area contributed by atoms with Crippen LogP contribution in [-0.2, 0) is 27.5 Å². The molecule has 2 aromatic carbocycles. The number of esters is 1. The Kier molecular flexibility index (Phi) is 6.12.